The van der Waals surface area contributed by atoms with Crippen molar-refractivity contribution in [1.29, 1.82) is 0 Å². The van der Waals surface area contributed by atoms with Gasteiger partial charge in [0.15, 0.2) is 5.69 Å². The molecule has 10 heteroatoms. The van der Waals surface area contributed by atoms with Gasteiger partial charge in [-0.1, -0.05) is 48.5 Å². The molecule has 4 rings (SSSR count). The van der Waals surface area contributed by atoms with Crippen LogP contribution in [-0.2, 0) is 10.9 Å². The van der Waals surface area contributed by atoms with Gasteiger partial charge in [-0.3, -0.25) is 0 Å². The van der Waals surface area contributed by atoms with E-state index >= 15 is 0 Å². The number of thiazole rings is 1. The second-order valence-corrected chi connectivity index (χ2v) is 8.18. The largest absolute Gasteiger partial charge is 0.449 e. The van der Waals surface area contributed by atoms with Crippen molar-refractivity contribution < 1.29 is 32.9 Å². The fourth-order valence-electron chi connectivity index (χ4n) is 3.67. The number of ether oxygens (including phenoxy) is 1. The number of hydrogen-bond acceptors (Lipinski definition) is 6. The summed E-state index contributed by atoms with van der Waals surface area (Å²) < 4.78 is 43.3. The molecule has 168 valence electrons. The van der Waals surface area contributed by atoms with E-state index in [4.69, 9.17) is 4.74 Å². The predicted octanol–water partition coefficient (Wildman–Crippen LogP) is 4.09. The van der Waals surface area contributed by atoms with Gasteiger partial charge in [-0.25, -0.2) is 9.78 Å². The number of rotatable bonds is 6. The van der Waals surface area contributed by atoms with Crippen LogP contribution < -0.4 is 5.32 Å². The Morgan fingerprint density at radius 1 is 1.09 bits per heavy atom. The molecule has 2 atom stereocenters. The second kappa shape index (κ2) is 8.89. The SMILES string of the molecule is O=C(NCC(O)C(O)c1nc(C(F)(F)F)cs1)OCC1c2ccccc2-c2ccccc21. The second-order valence-electron chi connectivity index (χ2n) is 7.29. The Morgan fingerprint density at radius 3 is 2.25 bits per heavy atom. The van der Waals surface area contributed by atoms with Gasteiger partial charge in [0.25, 0.3) is 0 Å². The molecule has 3 N–H and O–H groups in total. The Morgan fingerprint density at radius 2 is 1.69 bits per heavy atom. The van der Waals surface area contributed by atoms with Gasteiger partial charge in [-0.05, 0) is 22.3 Å². The van der Waals surface area contributed by atoms with Crippen LogP contribution in [0.4, 0.5) is 18.0 Å². The number of benzene rings is 2. The highest BCUT2D eigenvalue weighted by atomic mass is 32.1. The molecule has 2 aromatic carbocycles. The number of alkyl carbamates (subject to hydrolysis) is 1. The monoisotopic (exact) mass is 464 g/mol. The first-order chi connectivity index (χ1) is 15.3. The molecule has 0 spiro atoms. The first-order valence-corrected chi connectivity index (χ1v) is 10.6. The van der Waals surface area contributed by atoms with E-state index in [9.17, 15) is 28.2 Å². The van der Waals surface area contributed by atoms with Crippen LogP contribution in [0.15, 0.2) is 53.9 Å². The zero-order valence-corrected chi connectivity index (χ0v) is 17.4. The summed E-state index contributed by atoms with van der Waals surface area (Å²) in [5.41, 5.74) is 3.10. The highest BCUT2D eigenvalue weighted by molar-refractivity contribution is 7.09. The zero-order chi connectivity index (χ0) is 22.9. The highest BCUT2D eigenvalue weighted by Crippen LogP contribution is 2.44. The number of aliphatic hydroxyl groups excluding tert-OH is 2. The van der Waals surface area contributed by atoms with Crippen LogP contribution in [0.25, 0.3) is 11.1 Å². The number of aromatic nitrogens is 1. The molecular formula is C22H19F3N2O4S. The van der Waals surface area contributed by atoms with Gasteiger partial charge in [0, 0.05) is 17.8 Å². The van der Waals surface area contributed by atoms with Crippen molar-refractivity contribution in [3.8, 4) is 11.1 Å². The molecule has 32 heavy (non-hydrogen) atoms. The maximum Gasteiger partial charge on any atom is 0.434 e. The summed E-state index contributed by atoms with van der Waals surface area (Å²) in [6.45, 7) is -0.349. The lowest BCUT2D eigenvalue weighted by molar-refractivity contribution is -0.141. The summed E-state index contributed by atoms with van der Waals surface area (Å²) >= 11 is 0.576. The molecule has 1 aliphatic carbocycles. The van der Waals surface area contributed by atoms with E-state index in [0.29, 0.717) is 11.3 Å². The van der Waals surface area contributed by atoms with Gasteiger partial charge in [0.2, 0.25) is 0 Å². The minimum atomic E-state index is -4.64. The molecule has 2 unspecified atom stereocenters. The molecule has 6 nitrogen and oxygen atoms in total. The van der Waals surface area contributed by atoms with Crippen molar-refractivity contribution in [1.82, 2.24) is 10.3 Å². The Balaban J connectivity index is 1.32. The predicted molar refractivity (Wildman–Crippen MR) is 111 cm³/mol. The van der Waals surface area contributed by atoms with Crippen LogP contribution in [0.2, 0.25) is 0 Å². The molecule has 0 fully saturated rings. The minimum Gasteiger partial charge on any atom is -0.449 e. The number of amides is 1. The third-order valence-corrected chi connectivity index (χ3v) is 6.14. The summed E-state index contributed by atoms with van der Waals surface area (Å²) in [7, 11) is 0. The van der Waals surface area contributed by atoms with Crippen LogP contribution in [-0.4, -0.2) is 40.5 Å². The zero-order valence-electron chi connectivity index (χ0n) is 16.5. The lowest BCUT2D eigenvalue weighted by Gasteiger charge is -2.18. The van der Waals surface area contributed by atoms with Gasteiger partial charge in [0.1, 0.15) is 23.8 Å². The molecule has 1 heterocycles. The molecule has 0 aliphatic heterocycles. The summed E-state index contributed by atoms with van der Waals surface area (Å²) in [6, 6.07) is 15.7. The summed E-state index contributed by atoms with van der Waals surface area (Å²) in [5.74, 6) is -0.139. The van der Waals surface area contributed by atoms with Gasteiger partial charge >= 0.3 is 12.3 Å². The average molecular weight is 464 g/mol. The Bertz CT molecular complexity index is 1070. The summed E-state index contributed by atoms with van der Waals surface area (Å²) in [6.07, 6.45) is -8.68. The fraction of sp³-hybridized carbons (Fsp3) is 0.273. The van der Waals surface area contributed by atoms with E-state index in [1.54, 1.807) is 0 Å². The number of nitrogens with one attached hydrogen (secondary N) is 1. The van der Waals surface area contributed by atoms with Crippen molar-refractivity contribution in [2.45, 2.75) is 24.3 Å². The number of halogens is 3. The number of carbonyl (C=O) groups excluding carboxylic acids is 1. The van der Waals surface area contributed by atoms with E-state index in [0.717, 1.165) is 27.6 Å². The standard InChI is InChI=1S/C22H19F3N2O4S/c23-22(24,25)18-11-32-20(27-18)19(29)17(28)9-26-21(30)31-10-16-14-7-3-1-5-12(14)13-6-2-4-8-15(13)16/h1-8,11,16-17,19,28-29H,9-10H2,(H,26,30). The van der Waals surface area contributed by atoms with Gasteiger partial charge in [-0.15, -0.1) is 11.3 Å². The number of aliphatic hydroxyl groups is 2. The quantitative estimate of drug-likeness (QED) is 0.511. The normalized spacial score (nSPS) is 15.0. The minimum absolute atomic E-state index is 0.0694. The van der Waals surface area contributed by atoms with E-state index in [2.05, 4.69) is 10.3 Å². The van der Waals surface area contributed by atoms with E-state index < -0.39 is 36.7 Å². The Hall–Kier alpha value is -2.95. The summed E-state index contributed by atoms with van der Waals surface area (Å²) in [4.78, 5) is 15.4. The first kappa shape index (κ1) is 22.3. The topological polar surface area (TPSA) is 91.7 Å². The van der Waals surface area contributed by atoms with Crippen molar-refractivity contribution in [3.05, 3.63) is 75.7 Å². The number of nitrogens with zero attached hydrogens (tertiary/aromatic N) is 1. The van der Waals surface area contributed by atoms with Gasteiger partial charge in [-0.2, -0.15) is 13.2 Å². The Labute approximate surface area is 185 Å². The van der Waals surface area contributed by atoms with Crippen molar-refractivity contribution in [2.75, 3.05) is 13.2 Å². The molecule has 1 aliphatic rings. The maximum atomic E-state index is 12.6. The number of fused-ring (bicyclic) bond motifs is 3. The molecule has 0 saturated heterocycles. The van der Waals surface area contributed by atoms with Crippen molar-refractivity contribution in [3.63, 3.8) is 0 Å². The first-order valence-electron chi connectivity index (χ1n) is 9.73. The molecule has 3 aromatic rings. The molecule has 0 bridgehead atoms. The third-order valence-electron chi connectivity index (χ3n) is 5.23. The van der Waals surface area contributed by atoms with E-state index in [-0.39, 0.29) is 17.5 Å². The van der Waals surface area contributed by atoms with Crippen LogP contribution in [0.3, 0.4) is 0 Å². The van der Waals surface area contributed by atoms with E-state index in [1.807, 2.05) is 48.5 Å². The van der Waals surface area contributed by atoms with Crippen LogP contribution >= 0.6 is 11.3 Å². The van der Waals surface area contributed by atoms with Crippen LogP contribution in [0, 0.1) is 0 Å². The lowest BCUT2D eigenvalue weighted by atomic mass is 9.98. The van der Waals surface area contributed by atoms with Crippen LogP contribution in [0.1, 0.15) is 33.9 Å². The number of carbonyl (C=O) groups is 1. The molecule has 0 saturated carbocycles. The maximum absolute atomic E-state index is 12.6. The smallest absolute Gasteiger partial charge is 0.434 e. The van der Waals surface area contributed by atoms with Gasteiger partial charge < -0.3 is 20.3 Å². The van der Waals surface area contributed by atoms with E-state index in [1.165, 1.54) is 0 Å². The van der Waals surface area contributed by atoms with Crippen molar-refractivity contribution in [2.24, 2.45) is 0 Å². The highest BCUT2D eigenvalue weighted by Gasteiger charge is 2.35. The lowest BCUT2D eigenvalue weighted by Crippen LogP contribution is -2.36. The van der Waals surface area contributed by atoms with Crippen LogP contribution in [0.5, 0.6) is 0 Å². The molecular weight excluding hydrogens is 445 g/mol. The number of alkyl halides is 3. The third kappa shape index (κ3) is 4.47. The van der Waals surface area contributed by atoms with Crippen molar-refractivity contribution >= 4 is 17.4 Å². The number of hydrogen-bond donors (Lipinski definition) is 3. The molecule has 1 aromatic heterocycles. The summed E-state index contributed by atoms with van der Waals surface area (Å²) in [5, 5.41) is 22.9. The average Bonchev–Trinajstić information content (AvgIpc) is 3.39. The fourth-order valence-corrected chi connectivity index (χ4v) is 4.53. The Kier molecular flexibility index (Phi) is 6.18. The molecule has 0 radical (unpaired) electrons. The molecule has 1 amide bonds. The van der Waals surface area contributed by atoms with Gasteiger partial charge in [0.05, 0.1) is 0 Å².